The monoisotopic (exact) mass is 507 g/mol. The van der Waals surface area contributed by atoms with Crippen LogP contribution in [0.5, 0.6) is 0 Å². The maximum Gasteiger partial charge on any atom is 0.337 e. The van der Waals surface area contributed by atoms with Gasteiger partial charge in [-0.05, 0) is 30.3 Å². The number of para-hydroxylation sites is 1. The highest BCUT2D eigenvalue weighted by molar-refractivity contribution is 9.10. The zero-order valence-corrected chi connectivity index (χ0v) is 18.5. The molecule has 0 aliphatic carbocycles. The van der Waals surface area contributed by atoms with Crippen LogP contribution in [0.1, 0.15) is 10.4 Å². The third-order valence-electron chi connectivity index (χ3n) is 4.93. The summed E-state index contributed by atoms with van der Waals surface area (Å²) in [4.78, 5) is 15.7. The van der Waals surface area contributed by atoms with Gasteiger partial charge in [-0.2, -0.15) is 4.31 Å². The number of fused-ring (bicyclic) bond motifs is 1. The number of aromatic carboxylic acids is 1. The SMILES string of the molecule is O=C(O)c1ccccc1N(O)c1c(S(=O)(=O)N2CCOCC2)cnc2ccc(Br)cc12. The number of aromatic nitrogens is 1. The average Bonchev–Trinajstić information content (AvgIpc) is 2.78. The van der Waals surface area contributed by atoms with Crippen LogP contribution in [0.25, 0.3) is 10.9 Å². The fraction of sp³-hybridized carbons (Fsp3) is 0.200. The van der Waals surface area contributed by atoms with Gasteiger partial charge >= 0.3 is 5.97 Å². The van der Waals surface area contributed by atoms with Crippen LogP contribution in [-0.4, -0.2) is 60.3 Å². The van der Waals surface area contributed by atoms with E-state index in [1.807, 2.05) is 0 Å². The summed E-state index contributed by atoms with van der Waals surface area (Å²) in [5.41, 5.74) is 0.109. The van der Waals surface area contributed by atoms with Gasteiger partial charge in [-0.3, -0.25) is 10.2 Å². The molecule has 0 atom stereocenters. The zero-order chi connectivity index (χ0) is 22.2. The Morgan fingerprint density at radius 1 is 1.16 bits per heavy atom. The molecular weight excluding hydrogens is 490 g/mol. The molecule has 4 rings (SSSR count). The van der Waals surface area contributed by atoms with Crippen molar-refractivity contribution < 1.29 is 28.3 Å². The second-order valence-corrected chi connectivity index (χ2v) is 9.61. The number of hydrogen-bond donors (Lipinski definition) is 2. The lowest BCUT2D eigenvalue weighted by Gasteiger charge is -2.29. The second kappa shape index (κ2) is 8.52. The van der Waals surface area contributed by atoms with Gasteiger partial charge in [0, 0.05) is 29.1 Å². The third kappa shape index (κ3) is 4.02. The molecule has 2 aromatic carbocycles. The van der Waals surface area contributed by atoms with E-state index in [0.717, 1.165) is 0 Å². The first kappa shape index (κ1) is 21.7. The maximum atomic E-state index is 13.5. The van der Waals surface area contributed by atoms with Crippen LogP contribution in [0.15, 0.2) is 58.0 Å². The number of carboxylic acids is 1. The predicted octanol–water partition coefficient (Wildman–Crippen LogP) is 3.24. The Morgan fingerprint density at radius 3 is 2.58 bits per heavy atom. The van der Waals surface area contributed by atoms with Crippen molar-refractivity contribution in [3.8, 4) is 0 Å². The van der Waals surface area contributed by atoms with Crippen molar-refractivity contribution in [1.29, 1.82) is 0 Å². The molecule has 0 unspecified atom stereocenters. The van der Waals surface area contributed by atoms with E-state index in [0.29, 0.717) is 20.4 Å². The van der Waals surface area contributed by atoms with E-state index in [-0.39, 0.29) is 48.1 Å². The molecule has 0 radical (unpaired) electrons. The summed E-state index contributed by atoms with van der Waals surface area (Å²) in [6.45, 7) is 0.836. The molecule has 2 N–H and O–H groups in total. The Balaban J connectivity index is 1.99. The van der Waals surface area contributed by atoms with E-state index in [2.05, 4.69) is 20.9 Å². The summed E-state index contributed by atoms with van der Waals surface area (Å²) >= 11 is 3.36. The quantitative estimate of drug-likeness (QED) is 0.504. The van der Waals surface area contributed by atoms with Crippen LogP contribution in [-0.2, 0) is 14.8 Å². The first-order chi connectivity index (χ1) is 14.8. The number of nitrogens with zero attached hydrogens (tertiary/aromatic N) is 3. The number of hydrogen-bond acceptors (Lipinski definition) is 7. The van der Waals surface area contributed by atoms with Gasteiger partial charge in [-0.1, -0.05) is 28.1 Å². The van der Waals surface area contributed by atoms with E-state index >= 15 is 0 Å². The Hall–Kier alpha value is -2.57. The molecule has 1 fully saturated rings. The van der Waals surface area contributed by atoms with Crippen LogP contribution in [0, 0.1) is 0 Å². The lowest BCUT2D eigenvalue weighted by molar-refractivity contribution is 0.0696. The number of carboxylic acid groups (broad SMARTS) is 1. The molecule has 0 bridgehead atoms. The summed E-state index contributed by atoms with van der Waals surface area (Å²) in [6.07, 6.45) is 1.18. The summed E-state index contributed by atoms with van der Waals surface area (Å²) in [6, 6.07) is 10.8. The molecule has 31 heavy (non-hydrogen) atoms. The molecule has 1 aliphatic heterocycles. The molecule has 162 valence electrons. The van der Waals surface area contributed by atoms with E-state index < -0.39 is 16.0 Å². The van der Waals surface area contributed by atoms with E-state index in [1.165, 1.54) is 28.7 Å². The second-order valence-electron chi connectivity index (χ2n) is 6.78. The summed E-state index contributed by atoms with van der Waals surface area (Å²) < 4.78 is 34.1. The predicted molar refractivity (Wildman–Crippen MR) is 116 cm³/mol. The number of pyridine rings is 1. The topological polar surface area (TPSA) is 120 Å². The first-order valence-corrected chi connectivity index (χ1v) is 11.5. The van der Waals surface area contributed by atoms with Crippen molar-refractivity contribution in [2.24, 2.45) is 0 Å². The number of carbonyl (C=O) groups is 1. The van der Waals surface area contributed by atoms with Crippen LogP contribution in [0.4, 0.5) is 11.4 Å². The van der Waals surface area contributed by atoms with E-state index in [1.54, 1.807) is 24.3 Å². The van der Waals surface area contributed by atoms with Gasteiger partial charge in [-0.25, -0.2) is 18.3 Å². The molecule has 1 aliphatic rings. The van der Waals surface area contributed by atoms with E-state index in [9.17, 15) is 23.5 Å². The van der Waals surface area contributed by atoms with Crippen molar-refractivity contribution >= 4 is 54.2 Å². The van der Waals surface area contributed by atoms with Gasteiger partial charge in [0.15, 0.2) is 0 Å². The van der Waals surface area contributed by atoms with Crippen LogP contribution < -0.4 is 5.06 Å². The molecule has 3 aromatic rings. The number of sulfonamides is 1. The molecule has 2 heterocycles. The smallest absolute Gasteiger partial charge is 0.337 e. The molecule has 9 nitrogen and oxygen atoms in total. The summed E-state index contributed by atoms with van der Waals surface area (Å²) in [5, 5.41) is 21.7. The number of halogens is 1. The minimum atomic E-state index is -4.06. The van der Waals surface area contributed by atoms with Crippen molar-refractivity contribution in [3.05, 3.63) is 58.7 Å². The minimum Gasteiger partial charge on any atom is -0.478 e. The van der Waals surface area contributed by atoms with Gasteiger partial charge < -0.3 is 9.84 Å². The largest absolute Gasteiger partial charge is 0.478 e. The van der Waals surface area contributed by atoms with Crippen LogP contribution in [0.2, 0.25) is 0 Å². The van der Waals surface area contributed by atoms with Crippen molar-refractivity contribution in [1.82, 2.24) is 9.29 Å². The van der Waals surface area contributed by atoms with Crippen LogP contribution >= 0.6 is 15.9 Å². The molecule has 0 amide bonds. The average molecular weight is 508 g/mol. The summed E-state index contributed by atoms with van der Waals surface area (Å²) in [5.74, 6) is -1.26. The van der Waals surface area contributed by atoms with Crippen molar-refractivity contribution in [2.45, 2.75) is 4.90 Å². The highest BCUT2D eigenvalue weighted by Crippen LogP contribution is 2.39. The zero-order valence-electron chi connectivity index (χ0n) is 16.1. The van der Waals surface area contributed by atoms with Gasteiger partial charge in [-0.15, -0.1) is 0 Å². The Bertz CT molecular complexity index is 1260. The van der Waals surface area contributed by atoms with Gasteiger partial charge in [0.1, 0.15) is 10.6 Å². The minimum absolute atomic E-state index is 0.0686. The normalized spacial score (nSPS) is 15.2. The fourth-order valence-electron chi connectivity index (χ4n) is 3.43. The maximum absolute atomic E-state index is 13.5. The van der Waals surface area contributed by atoms with Crippen LogP contribution in [0.3, 0.4) is 0 Å². The van der Waals surface area contributed by atoms with Gasteiger partial charge in [0.05, 0.1) is 30.0 Å². The number of rotatable bonds is 5. The molecule has 0 spiro atoms. The lowest BCUT2D eigenvalue weighted by atomic mass is 10.1. The Kier molecular flexibility index (Phi) is 5.95. The van der Waals surface area contributed by atoms with Gasteiger partial charge in [0.25, 0.3) is 0 Å². The molecule has 1 saturated heterocycles. The molecule has 1 aromatic heterocycles. The number of benzene rings is 2. The van der Waals surface area contributed by atoms with E-state index in [4.69, 9.17) is 4.74 Å². The van der Waals surface area contributed by atoms with Crippen molar-refractivity contribution in [2.75, 3.05) is 31.4 Å². The van der Waals surface area contributed by atoms with Crippen molar-refractivity contribution in [3.63, 3.8) is 0 Å². The highest BCUT2D eigenvalue weighted by atomic mass is 79.9. The number of anilines is 2. The Morgan fingerprint density at radius 2 is 1.87 bits per heavy atom. The molecular formula is C20H18BrN3O6S. The molecule has 11 heteroatoms. The Labute approximate surface area is 186 Å². The lowest BCUT2D eigenvalue weighted by Crippen LogP contribution is -2.41. The third-order valence-corrected chi connectivity index (χ3v) is 7.32. The fourth-order valence-corrected chi connectivity index (χ4v) is 5.32. The first-order valence-electron chi connectivity index (χ1n) is 9.28. The summed E-state index contributed by atoms with van der Waals surface area (Å²) in [7, 11) is -4.06. The number of ether oxygens (including phenoxy) is 1. The standard InChI is InChI=1S/C20H18BrN3O6S/c21-13-5-6-16-15(11-13)19(24(27)17-4-2-1-3-14(17)20(25)26)18(12-22-16)31(28,29)23-7-9-30-10-8-23/h1-6,11-12,27H,7-10H2,(H,25,26). The van der Waals surface area contributed by atoms with Gasteiger partial charge in [0.2, 0.25) is 10.0 Å². The number of morpholine rings is 1. The highest BCUT2D eigenvalue weighted by Gasteiger charge is 2.33. The molecule has 0 saturated carbocycles.